The summed E-state index contributed by atoms with van der Waals surface area (Å²) in [5.41, 5.74) is 6.10. The van der Waals surface area contributed by atoms with Gasteiger partial charge in [-0.3, -0.25) is 0 Å². The van der Waals surface area contributed by atoms with Gasteiger partial charge in [-0.05, 0) is 12.1 Å². The average molecular weight is 238 g/mol. The van der Waals surface area contributed by atoms with Gasteiger partial charge in [-0.15, -0.1) is 0 Å². The number of hydrogen-bond acceptors (Lipinski definition) is 5. The van der Waals surface area contributed by atoms with E-state index in [-0.39, 0.29) is 5.84 Å². The number of nitrogens with zero attached hydrogens (tertiary/aromatic N) is 3. The number of nitrogens with two attached hydrogens (primary N) is 1. The van der Waals surface area contributed by atoms with Gasteiger partial charge in [0.1, 0.15) is 5.82 Å². The van der Waals surface area contributed by atoms with Crippen LogP contribution >= 0.6 is 11.8 Å². The van der Waals surface area contributed by atoms with Gasteiger partial charge >= 0.3 is 0 Å². The molecule has 86 valence electrons. The number of aromatic nitrogens is 1. The average Bonchev–Trinajstić information content (AvgIpc) is 2.39. The van der Waals surface area contributed by atoms with Crippen LogP contribution in [0.5, 0.6) is 0 Å². The Morgan fingerprint density at radius 2 is 2.19 bits per heavy atom. The Balaban J connectivity index is 2.12. The lowest BCUT2D eigenvalue weighted by molar-refractivity contribution is 0.318. The van der Waals surface area contributed by atoms with E-state index in [0.29, 0.717) is 5.56 Å². The zero-order chi connectivity index (χ0) is 11.4. The molecule has 3 N–H and O–H groups in total. The van der Waals surface area contributed by atoms with Crippen molar-refractivity contribution in [3.63, 3.8) is 0 Å². The van der Waals surface area contributed by atoms with Crippen molar-refractivity contribution in [2.24, 2.45) is 10.9 Å². The monoisotopic (exact) mass is 238 g/mol. The first-order valence-corrected chi connectivity index (χ1v) is 6.23. The van der Waals surface area contributed by atoms with Crippen molar-refractivity contribution < 1.29 is 5.21 Å². The quantitative estimate of drug-likeness (QED) is 0.344. The molecular weight excluding hydrogens is 224 g/mol. The summed E-state index contributed by atoms with van der Waals surface area (Å²) in [5.74, 6) is 3.33. The minimum absolute atomic E-state index is 0.0910. The Bertz CT molecular complexity index is 373. The lowest BCUT2D eigenvalue weighted by atomic mass is 10.2. The van der Waals surface area contributed by atoms with Crippen LogP contribution in [-0.4, -0.2) is 40.6 Å². The van der Waals surface area contributed by atoms with Gasteiger partial charge in [0.2, 0.25) is 0 Å². The smallest absolute Gasteiger partial charge is 0.171 e. The van der Waals surface area contributed by atoms with Crippen molar-refractivity contribution in [2.45, 2.75) is 0 Å². The Morgan fingerprint density at radius 1 is 1.44 bits per heavy atom. The first-order chi connectivity index (χ1) is 7.81. The molecule has 1 aliphatic rings. The maximum Gasteiger partial charge on any atom is 0.171 e. The molecule has 1 aromatic heterocycles. The summed E-state index contributed by atoms with van der Waals surface area (Å²) in [7, 11) is 0. The van der Waals surface area contributed by atoms with Crippen molar-refractivity contribution in [3.05, 3.63) is 23.9 Å². The fraction of sp³-hybridized carbons (Fsp3) is 0.400. The highest BCUT2D eigenvalue weighted by atomic mass is 32.2. The van der Waals surface area contributed by atoms with E-state index in [1.807, 2.05) is 23.9 Å². The summed E-state index contributed by atoms with van der Waals surface area (Å²) in [6, 6.07) is 3.72. The van der Waals surface area contributed by atoms with Crippen molar-refractivity contribution in [1.29, 1.82) is 0 Å². The molecule has 0 bridgehead atoms. The molecule has 0 saturated carbocycles. The standard InChI is InChI=1S/C10H14N4OS/c11-10(13-15)8-1-2-9(12-7-8)14-3-5-16-6-4-14/h1-2,7,15H,3-6H2,(H2,11,13). The third-order valence-corrected chi connectivity index (χ3v) is 3.43. The van der Waals surface area contributed by atoms with Gasteiger partial charge < -0.3 is 15.8 Å². The Hall–Kier alpha value is -1.43. The molecule has 0 unspecified atom stereocenters. The minimum Gasteiger partial charge on any atom is -0.409 e. The molecule has 1 fully saturated rings. The van der Waals surface area contributed by atoms with Gasteiger partial charge in [-0.25, -0.2) is 4.98 Å². The van der Waals surface area contributed by atoms with Gasteiger partial charge in [-0.1, -0.05) is 5.16 Å². The highest BCUT2D eigenvalue weighted by Gasteiger charge is 2.12. The first-order valence-electron chi connectivity index (χ1n) is 5.08. The molecule has 0 aliphatic carbocycles. The van der Waals surface area contributed by atoms with Gasteiger partial charge in [0.25, 0.3) is 0 Å². The Morgan fingerprint density at radius 3 is 2.75 bits per heavy atom. The fourth-order valence-electron chi connectivity index (χ4n) is 1.57. The van der Waals surface area contributed by atoms with Gasteiger partial charge in [-0.2, -0.15) is 11.8 Å². The molecule has 0 radical (unpaired) electrons. The van der Waals surface area contributed by atoms with E-state index in [1.165, 1.54) is 0 Å². The van der Waals surface area contributed by atoms with Crippen LogP contribution in [0.4, 0.5) is 5.82 Å². The second-order valence-corrected chi connectivity index (χ2v) is 4.71. The van der Waals surface area contributed by atoms with Crippen LogP contribution in [0.3, 0.4) is 0 Å². The lowest BCUT2D eigenvalue weighted by Gasteiger charge is -2.27. The van der Waals surface area contributed by atoms with Crippen LogP contribution in [0.1, 0.15) is 5.56 Å². The summed E-state index contributed by atoms with van der Waals surface area (Å²) < 4.78 is 0. The molecule has 2 heterocycles. The molecule has 2 rings (SSSR count). The number of pyridine rings is 1. The van der Waals surface area contributed by atoms with E-state index >= 15 is 0 Å². The summed E-state index contributed by atoms with van der Waals surface area (Å²) >= 11 is 1.96. The number of anilines is 1. The third-order valence-electron chi connectivity index (χ3n) is 2.49. The molecule has 0 atom stereocenters. The molecule has 16 heavy (non-hydrogen) atoms. The topological polar surface area (TPSA) is 74.7 Å². The van der Waals surface area contributed by atoms with Gasteiger partial charge in [0.05, 0.1) is 0 Å². The predicted octanol–water partition coefficient (Wildman–Crippen LogP) is 0.729. The summed E-state index contributed by atoms with van der Waals surface area (Å²) in [6.45, 7) is 2.06. The van der Waals surface area contributed by atoms with Crippen molar-refractivity contribution in [3.8, 4) is 0 Å². The Kier molecular flexibility index (Phi) is 3.51. The van der Waals surface area contributed by atoms with E-state index in [0.717, 1.165) is 30.4 Å². The highest BCUT2D eigenvalue weighted by molar-refractivity contribution is 7.99. The molecule has 1 aromatic rings. The third kappa shape index (κ3) is 2.38. The van der Waals surface area contributed by atoms with Crippen LogP contribution in [0.15, 0.2) is 23.5 Å². The van der Waals surface area contributed by atoms with E-state index in [1.54, 1.807) is 6.20 Å². The molecule has 5 nitrogen and oxygen atoms in total. The number of thioether (sulfide) groups is 1. The summed E-state index contributed by atoms with van der Waals surface area (Å²) in [6.07, 6.45) is 1.63. The van der Waals surface area contributed by atoms with E-state index in [9.17, 15) is 0 Å². The highest BCUT2D eigenvalue weighted by Crippen LogP contribution is 2.17. The molecule has 0 amide bonds. The largest absolute Gasteiger partial charge is 0.409 e. The maximum atomic E-state index is 8.53. The maximum absolute atomic E-state index is 8.53. The predicted molar refractivity (Wildman–Crippen MR) is 66.3 cm³/mol. The van der Waals surface area contributed by atoms with Gasteiger partial charge in [0.15, 0.2) is 5.84 Å². The molecule has 6 heteroatoms. The number of hydrogen-bond donors (Lipinski definition) is 2. The van der Waals surface area contributed by atoms with Crippen LogP contribution in [0.2, 0.25) is 0 Å². The fourth-order valence-corrected chi connectivity index (χ4v) is 2.48. The molecule has 1 aliphatic heterocycles. The number of amidine groups is 1. The molecule has 0 aromatic carbocycles. The minimum atomic E-state index is 0.0910. The van der Waals surface area contributed by atoms with Crippen LogP contribution < -0.4 is 10.6 Å². The Labute approximate surface area is 98.3 Å². The van der Waals surface area contributed by atoms with Crippen LogP contribution in [-0.2, 0) is 0 Å². The van der Waals surface area contributed by atoms with Crippen LogP contribution in [0.25, 0.3) is 0 Å². The summed E-state index contributed by atoms with van der Waals surface area (Å²) in [5, 5.41) is 11.5. The SMILES string of the molecule is N/C(=N\O)c1ccc(N2CCSCC2)nc1. The number of oxime groups is 1. The lowest BCUT2D eigenvalue weighted by Crippen LogP contribution is -2.33. The molecular formula is C10H14N4OS. The van der Waals surface area contributed by atoms with Crippen LogP contribution in [0, 0.1) is 0 Å². The van der Waals surface area contributed by atoms with E-state index in [4.69, 9.17) is 10.9 Å². The summed E-state index contributed by atoms with van der Waals surface area (Å²) in [4.78, 5) is 6.56. The number of rotatable bonds is 2. The zero-order valence-corrected chi connectivity index (χ0v) is 9.65. The van der Waals surface area contributed by atoms with E-state index in [2.05, 4.69) is 15.0 Å². The van der Waals surface area contributed by atoms with Crippen molar-refractivity contribution in [1.82, 2.24) is 4.98 Å². The van der Waals surface area contributed by atoms with Crippen molar-refractivity contribution >= 4 is 23.4 Å². The second-order valence-electron chi connectivity index (χ2n) is 3.49. The first kappa shape index (κ1) is 11.1. The van der Waals surface area contributed by atoms with Crippen molar-refractivity contribution in [2.75, 3.05) is 29.5 Å². The molecule has 1 saturated heterocycles. The van der Waals surface area contributed by atoms with E-state index < -0.39 is 0 Å². The molecule has 0 spiro atoms. The normalized spacial score (nSPS) is 17.5. The second kappa shape index (κ2) is 5.07. The zero-order valence-electron chi connectivity index (χ0n) is 8.83. The van der Waals surface area contributed by atoms with Gasteiger partial charge in [0, 0.05) is 36.4 Å².